The first-order chi connectivity index (χ1) is 9.26. The molecule has 114 valence electrons. The second-order valence-electron chi connectivity index (χ2n) is 6.13. The minimum atomic E-state index is -0.948. The number of fused-ring (bicyclic) bond motifs is 1. The van der Waals surface area contributed by atoms with Gasteiger partial charge in [0, 0.05) is 0 Å². The Balaban J connectivity index is 2.07. The van der Waals surface area contributed by atoms with Crippen molar-refractivity contribution in [2.45, 2.75) is 51.0 Å². The number of amides is 1. The molecule has 2 heterocycles. The normalized spacial score (nSPS) is 29.9. The highest BCUT2D eigenvalue weighted by atomic mass is 16.6. The van der Waals surface area contributed by atoms with Gasteiger partial charge in [-0.1, -0.05) is 0 Å². The lowest BCUT2D eigenvalue weighted by Crippen LogP contribution is -2.57. The van der Waals surface area contributed by atoms with Gasteiger partial charge in [0.05, 0.1) is 38.3 Å². The van der Waals surface area contributed by atoms with Crippen molar-refractivity contribution in [2.24, 2.45) is 0 Å². The molecule has 0 aromatic heterocycles. The van der Waals surface area contributed by atoms with E-state index in [1.165, 1.54) is 0 Å². The number of aliphatic carboxylic acids is 1. The molecule has 0 bridgehead atoms. The number of hydrogen-bond acceptors (Lipinski definition) is 5. The number of hydrogen-bond donors (Lipinski definition) is 1. The van der Waals surface area contributed by atoms with E-state index in [1.807, 2.05) is 0 Å². The third-order valence-corrected chi connectivity index (χ3v) is 3.20. The van der Waals surface area contributed by atoms with Crippen LogP contribution in [0.5, 0.6) is 0 Å². The fraction of sp³-hybridized carbons (Fsp3) is 0.846. The highest BCUT2D eigenvalue weighted by molar-refractivity contribution is 5.70. The molecule has 2 aliphatic rings. The molecule has 0 saturated carbocycles. The predicted octanol–water partition coefficient (Wildman–Crippen LogP) is 0.864. The molecule has 0 unspecified atom stereocenters. The van der Waals surface area contributed by atoms with Crippen molar-refractivity contribution >= 4 is 12.1 Å². The first kappa shape index (κ1) is 15.1. The summed E-state index contributed by atoms with van der Waals surface area (Å²) in [6, 6.07) is -0.199. The van der Waals surface area contributed by atoms with Crippen molar-refractivity contribution in [2.75, 3.05) is 19.8 Å². The van der Waals surface area contributed by atoms with E-state index >= 15 is 0 Å². The summed E-state index contributed by atoms with van der Waals surface area (Å²) >= 11 is 0. The van der Waals surface area contributed by atoms with Crippen LogP contribution in [0, 0.1) is 0 Å². The Morgan fingerprint density at radius 1 is 1.35 bits per heavy atom. The summed E-state index contributed by atoms with van der Waals surface area (Å²) < 4.78 is 16.4. The van der Waals surface area contributed by atoms with Crippen LogP contribution in [0.4, 0.5) is 4.79 Å². The molecule has 0 radical (unpaired) electrons. The first-order valence-electron chi connectivity index (χ1n) is 6.71. The van der Waals surface area contributed by atoms with Crippen LogP contribution in [0.1, 0.15) is 27.2 Å². The van der Waals surface area contributed by atoms with Gasteiger partial charge in [-0.25, -0.2) is 4.79 Å². The molecule has 2 saturated heterocycles. The SMILES string of the molecule is CC(C)(C)OC(=O)N1C[C@@H](CC(=O)O)O[C@@H]2COC[C@H]21. The van der Waals surface area contributed by atoms with E-state index in [2.05, 4.69) is 0 Å². The van der Waals surface area contributed by atoms with Gasteiger partial charge in [0.2, 0.25) is 0 Å². The molecular formula is C13H21NO6. The number of carbonyl (C=O) groups is 2. The van der Waals surface area contributed by atoms with E-state index < -0.39 is 23.8 Å². The van der Waals surface area contributed by atoms with Crippen LogP contribution in [0.2, 0.25) is 0 Å². The molecule has 3 atom stereocenters. The van der Waals surface area contributed by atoms with E-state index in [-0.39, 0.29) is 25.1 Å². The first-order valence-corrected chi connectivity index (χ1v) is 6.71. The molecule has 1 amide bonds. The summed E-state index contributed by atoms with van der Waals surface area (Å²) in [4.78, 5) is 24.6. The maximum atomic E-state index is 12.2. The molecule has 2 fully saturated rings. The third kappa shape index (κ3) is 3.61. The zero-order valence-electron chi connectivity index (χ0n) is 12.0. The molecule has 0 aromatic carbocycles. The van der Waals surface area contributed by atoms with Gasteiger partial charge >= 0.3 is 12.1 Å². The molecule has 2 rings (SSSR count). The average molecular weight is 287 g/mol. The third-order valence-electron chi connectivity index (χ3n) is 3.20. The zero-order chi connectivity index (χ0) is 14.9. The van der Waals surface area contributed by atoms with E-state index in [0.717, 1.165) is 0 Å². The zero-order valence-corrected chi connectivity index (χ0v) is 12.0. The predicted molar refractivity (Wildman–Crippen MR) is 68.5 cm³/mol. The summed E-state index contributed by atoms with van der Waals surface area (Å²) in [7, 11) is 0. The van der Waals surface area contributed by atoms with Crippen molar-refractivity contribution < 1.29 is 28.9 Å². The van der Waals surface area contributed by atoms with Gasteiger partial charge in [-0.15, -0.1) is 0 Å². The molecule has 20 heavy (non-hydrogen) atoms. The molecule has 2 aliphatic heterocycles. The van der Waals surface area contributed by atoms with E-state index in [9.17, 15) is 9.59 Å². The Bertz CT molecular complexity index is 391. The average Bonchev–Trinajstić information content (AvgIpc) is 2.72. The lowest BCUT2D eigenvalue weighted by molar-refractivity contribution is -0.147. The standard InChI is InChI=1S/C13H21NO6/c1-13(2,3)20-12(17)14-5-8(4-11(15)16)19-10-7-18-6-9(10)14/h8-10H,4-7H2,1-3H3,(H,15,16)/t8-,9-,10-/m1/s1. The molecule has 1 N–H and O–H groups in total. The topological polar surface area (TPSA) is 85.3 Å². The van der Waals surface area contributed by atoms with Gasteiger partial charge in [-0.05, 0) is 20.8 Å². The minimum absolute atomic E-state index is 0.136. The number of ether oxygens (including phenoxy) is 3. The highest BCUT2D eigenvalue weighted by Crippen LogP contribution is 2.26. The van der Waals surface area contributed by atoms with Crippen LogP contribution in [0.15, 0.2) is 0 Å². The van der Waals surface area contributed by atoms with E-state index in [1.54, 1.807) is 25.7 Å². The number of morpholine rings is 1. The summed E-state index contributed by atoms with van der Waals surface area (Å²) in [6.45, 7) is 6.36. The number of carboxylic acids is 1. The van der Waals surface area contributed by atoms with Crippen molar-refractivity contribution in [1.29, 1.82) is 0 Å². The van der Waals surface area contributed by atoms with Crippen molar-refractivity contribution in [1.82, 2.24) is 4.90 Å². The van der Waals surface area contributed by atoms with Crippen LogP contribution >= 0.6 is 0 Å². The second kappa shape index (κ2) is 5.57. The van der Waals surface area contributed by atoms with Crippen LogP contribution in [0.3, 0.4) is 0 Å². The van der Waals surface area contributed by atoms with Gasteiger partial charge in [0.25, 0.3) is 0 Å². The van der Waals surface area contributed by atoms with Crippen molar-refractivity contribution in [3.63, 3.8) is 0 Å². The van der Waals surface area contributed by atoms with E-state index in [0.29, 0.717) is 13.2 Å². The summed E-state index contributed by atoms with van der Waals surface area (Å²) in [5.41, 5.74) is -0.591. The minimum Gasteiger partial charge on any atom is -0.481 e. The van der Waals surface area contributed by atoms with Gasteiger partial charge in [-0.2, -0.15) is 0 Å². The summed E-state index contributed by atoms with van der Waals surface area (Å²) in [5, 5.41) is 8.87. The molecular weight excluding hydrogens is 266 g/mol. The molecule has 0 aliphatic carbocycles. The van der Waals surface area contributed by atoms with Crippen molar-refractivity contribution in [3.05, 3.63) is 0 Å². The Hall–Kier alpha value is -1.34. The maximum absolute atomic E-state index is 12.2. The highest BCUT2D eigenvalue weighted by Gasteiger charge is 2.44. The maximum Gasteiger partial charge on any atom is 0.410 e. The van der Waals surface area contributed by atoms with Gasteiger partial charge in [0.1, 0.15) is 11.7 Å². The molecule has 0 aromatic rings. The quantitative estimate of drug-likeness (QED) is 0.811. The lowest BCUT2D eigenvalue weighted by atomic mass is 10.1. The van der Waals surface area contributed by atoms with Crippen LogP contribution in [-0.4, -0.2) is 65.7 Å². The lowest BCUT2D eigenvalue weighted by Gasteiger charge is -2.40. The monoisotopic (exact) mass is 287 g/mol. The van der Waals surface area contributed by atoms with Gasteiger partial charge in [0.15, 0.2) is 0 Å². The molecule has 0 spiro atoms. The number of carboxylic acid groups (broad SMARTS) is 1. The largest absolute Gasteiger partial charge is 0.481 e. The summed E-state index contributed by atoms with van der Waals surface area (Å²) in [5.74, 6) is -0.948. The van der Waals surface area contributed by atoms with Crippen LogP contribution < -0.4 is 0 Å². The van der Waals surface area contributed by atoms with E-state index in [4.69, 9.17) is 19.3 Å². The smallest absolute Gasteiger partial charge is 0.410 e. The molecule has 7 heteroatoms. The van der Waals surface area contributed by atoms with Gasteiger partial charge < -0.3 is 19.3 Å². The van der Waals surface area contributed by atoms with Crippen molar-refractivity contribution in [3.8, 4) is 0 Å². The fourth-order valence-electron chi connectivity index (χ4n) is 2.43. The fourth-order valence-corrected chi connectivity index (χ4v) is 2.43. The Kier molecular flexibility index (Phi) is 4.19. The van der Waals surface area contributed by atoms with Crippen LogP contribution in [0.25, 0.3) is 0 Å². The Morgan fingerprint density at radius 2 is 2.05 bits per heavy atom. The second-order valence-corrected chi connectivity index (χ2v) is 6.13. The molecule has 7 nitrogen and oxygen atoms in total. The Labute approximate surface area is 117 Å². The number of rotatable bonds is 2. The number of nitrogens with zero attached hydrogens (tertiary/aromatic N) is 1. The Morgan fingerprint density at radius 3 is 2.65 bits per heavy atom. The van der Waals surface area contributed by atoms with Gasteiger partial charge in [-0.3, -0.25) is 9.69 Å². The number of carbonyl (C=O) groups excluding carboxylic acids is 1. The van der Waals surface area contributed by atoms with Crippen LogP contribution in [-0.2, 0) is 19.0 Å². The summed E-state index contributed by atoms with van der Waals surface area (Å²) in [6.07, 6.45) is -1.39.